The van der Waals surface area contributed by atoms with Crippen LogP contribution in [0, 0.1) is 23.6 Å². The molecular weight excluding hydrogens is 856 g/mol. The van der Waals surface area contributed by atoms with Crippen LogP contribution in [0.3, 0.4) is 0 Å². The second kappa shape index (κ2) is 22.6. The van der Waals surface area contributed by atoms with Crippen LogP contribution in [-0.4, -0.2) is 72.0 Å². The highest BCUT2D eigenvalue weighted by Gasteiger charge is 2.65. The van der Waals surface area contributed by atoms with Gasteiger partial charge in [-0.05, 0) is 97.0 Å². The molecule has 2 N–H and O–H groups in total. The van der Waals surface area contributed by atoms with Crippen LogP contribution in [0.1, 0.15) is 79.5 Å². The number of unbranched alkanes of at least 4 members (excludes halogenated alkanes) is 2. The molecule has 6 atom stereocenters. The lowest BCUT2D eigenvalue weighted by atomic mass is 9.55. The van der Waals surface area contributed by atoms with Crippen LogP contribution >= 0.6 is 0 Å². The maximum absolute atomic E-state index is 14.9. The van der Waals surface area contributed by atoms with Gasteiger partial charge in [-0.15, -0.1) is 13.2 Å². The molecule has 2 aliphatic carbocycles. The molecular formula is C54H61FN2O10. The summed E-state index contributed by atoms with van der Waals surface area (Å²) >= 11 is 0. The van der Waals surface area contributed by atoms with E-state index in [2.05, 4.69) is 19.2 Å². The Balaban J connectivity index is 1.32. The molecule has 354 valence electrons. The van der Waals surface area contributed by atoms with Crippen LogP contribution in [0.2, 0.25) is 0 Å². The zero-order valence-electron chi connectivity index (χ0n) is 37.9. The van der Waals surface area contributed by atoms with E-state index >= 15 is 0 Å². The summed E-state index contributed by atoms with van der Waals surface area (Å²) in [5, 5.41) is 25.0. The van der Waals surface area contributed by atoms with Crippen molar-refractivity contribution in [2.75, 3.05) is 33.2 Å². The lowest BCUT2D eigenvalue weighted by Gasteiger charge is -2.59. The van der Waals surface area contributed by atoms with E-state index in [1.165, 1.54) is 6.07 Å². The number of fused-ring (bicyclic) bond motifs is 3. The summed E-state index contributed by atoms with van der Waals surface area (Å²) in [6.07, 6.45) is 10.0. The Labute approximate surface area is 392 Å². The number of allylic oxidation sites excluding steroid dienone is 1. The topological polar surface area (TPSA) is 138 Å². The number of ether oxygens (including phenoxy) is 6. The number of amides is 1. The fourth-order valence-electron chi connectivity index (χ4n) is 10.1. The third-order valence-electron chi connectivity index (χ3n) is 13.2. The zero-order chi connectivity index (χ0) is 46.6. The van der Waals surface area contributed by atoms with Gasteiger partial charge >= 0.3 is 6.09 Å². The van der Waals surface area contributed by atoms with Crippen LogP contribution < -0.4 is 18.9 Å². The van der Waals surface area contributed by atoms with Crippen LogP contribution in [-0.2, 0) is 34.1 Å². The largest absolute Gasteiger partial charge is 0.489 e. The van der Waals surface area contributed by atoms with Gasteiger partial charge in [-0.2, -0.15) is 0 Å². The predicted octanol–water partition coefficient (Wildman–Crippen LogP) is 10.2. The molecule has 8 rings (SSSR count). The Kier molecular flexibility index (Phi) is 15.9. The standard InChI is InChI=1S/C54H61FN2O10/c1-3-5-28-61-53(60)57(33-38-21-23-48-49(29-38)64-36-63-48)50-32-46(56-66-34-37-15-7-6-8-16-37)43-30-39(17-11-13-25-58)42(19-12-14-26-59)51-44-31-41(62-35-40-18-9-10-20-45(40)55)22-24-47(44)67-54(50,52(43)51)65-27-4-2/h3-4,6-10,15-16,18,20-24,29-31,39,42,50-52,58-59H,1-2,5,11-14,17,19,25-28,32-36H2/t39-,42+,50-,51+,52+,54+/m0/s1. The molecule has 1 saturated carbocycles. The van der Waals surface area contributed by atoms with Gasteiger partial charge in [0.1, 0.15) is 36.6 Å². The molecule has 2 heterocycles. The molecule has 0 saturated heterocycles. The first kappa shape index (κ1) is 47.3. The molecule has 1 fully saturated rings. The average Bonchev–Trinajstić information content (AvgIpc) is 3.82. The number of aliphatic hydroxyl groups is 2. The molecule has 2 aliphatic heterocycles. The van der Waals surface area contributed by atoms with E-state index in [1.807, 2.05) is 66.7 Å². The van der Waals surface area contributed by atoms with Gasteiger partial charge in [0.05, 0.1) is 24.8 Å². The number of hydrogen-bond donors (Lipinski definition) is 2. The average molecular weight is 917 g/mol. The summed E-state index contributed by atoms with van der Waals surface area (Å²) in [5.74, 6) is -0.515. The zero-order valence-corrected chi connectivity index (χ0v) is 37.9. The number of carbonyl (C=O) groups excluding carboxylic acids is 1. The molecule has 4 aromatic rings. The van der Waals surface area contributed by atoms with Gasteiger partial charge in [-0.1, -0.05) is 90.8 Å². The molecule has 0 aromatic heterocycles. The summed E-state index contributed by atoms with van der Waals surface area (Å²) in [6.45, 7) is 8.62. The number of aliphatic hydroxyl groups excluding tert-OH is 2. The number of carbonyl (C=O) groups is 1. The van der Waals surface area contributed by atoms with Gasteiger partial charge < -0.3 is 43.5 Å². The van der Waals surface area contributed by atoms with E-state index in [-0.39, 0.29) is 83.0 Å². The second-order valence-electron chi connectivity index (χ2n) is 17.4. The highest BCUT2D eigenvalue weighted by Crippen LogP contribution is 2.62. The molecule has 0 radical (unpaired) electrons. The summed E-state index contributed by atoms with van der Waals surface area (Å²) in [6, 6.07) is 26.8. The molecule has 1 amide bonds. The SMILES string of the molecule is C=CCCOC(=O)N(Cc1ccc2c(c1)OCO2)[C@H]1CC(=NOCc2ccccc2)C2=C[C@H](CCCCO)[C@@H](CCCCO)[C@@H]3c4cc(OCc5ccccc5F)ccc4O[C@@]1(OCC=C)[C@H]23. The number of oxime groups is 1. The van der Waals surface area contributed by atoms with Crippen molar-refractivity contribution in [1.82, 2.24) is 4.90 Å². The van der Waals surface area contributed by atoms with Crippen molar-refractivity contribution >= 4 is 11.8 Å². The maximum Gasteiger partial charge on any atom is 0.410 e. The third-order valence-corrected chi connectivity index (χ3v) is 13.2. The quantitative estimate of drug-likeness (QED) is 0.0420. The number of hydrogen-bond acceptors (Lipinski definition) is 11. The number of benzene rings is 4. The maximum atomic E-state index is 14.9. The molecule has 0 bridgehead atoms. The molecule has 67 heavy (non-hydrogen) atoms. The Morgan fingerprint density at radius 1 is 0.866 bits per heavy atom. The Bertz CT molecular complexity index is 2390. The minimum absolute atomic E-state index is 0.0111. The summed E-state index contributed by atoms with van der Waals surface area (Å²) in [4.78, 5) is 22.8. The second-order valence-corrected chi connectivity index (χ2v) is 17.4. The fraction of sp³-hybridized carbons (Fsp3) is 0.407. The van der Waals surface area contributed by atoms with E-state index in [4.69, 9.17) is 38.4 Å². The first-order valence-electron chi connectivity index (χ1n) is 23.4. The minimum atomic E-state index is -1.54. The molecule has 4 aliphatic rings. The monoisotopic (exact) mass is 916 g/mol. The van der Waals surface area contributed by atoms with Crippen LogP contribution in [0.25, 0.3) is 0 Å². The molecule has 13 heteroatoms. The van der Waals surface area contributed by atoms with Crippen molar-refractivity contribution in [2.24, 2.45) is 22.9 Å². The van der Waals surface area contributed by atoms with Crippen LogP contribution in [0.15, 0.2) is 133 Å². The number of nitrogens with zero attached hydrogens (tertiary/aromatic N) is 2. The van der Waals surface area contributed by atoms with Gasteiger partial charge in [0.2, 0.25) is 12.6 Å². The highest BCUT2D eigenvalue weighted by molar-refractivity contribution is 6.03. The first-order chi connectivity index (χ1) is 32.9. The molecule has 4 aromatic carbocycles. The molecule has 0 unspecified atom stereocenters. The van der Waals surface area contributed by atoms with Crippen molar-refractivity contribution < 1.29 is 52.7 Å². The third kappa shape index (κ3) is 10.7. The van der Waals surface area contributed by atoms with E-state index in [1.54, 1.807) is 35.3 Å². The Morgan fingerprint density at radius 2 is 1.64 bits per heavy atom. The van der Waals surface area contributed by atoms with Gasteiger partial charge in [0.15, 0.2) is 11.5 Å². The van der Waals surface area contributed by atoms with Gasteiger partial charge in [-0.25, -0.2) is 9.18 Å². The molecule has 12 nitrogen and oxygen atoms in total. The van der Waals surface area contributed by atoms with Crippen molar-refractivity contribution in [2.45, 2.75) is 88.9 Å². The lowest BCUT2D eigenvalue weighted by molar-refractivity contribution is -0.256. The van der Waals surface area contributed by atoms with E-state index in [0.717, 1.165) is 47.9 Å². The summed E-state index contributed by atoms with van der Waals surface area (Å²) < 4.78 is 53.2. The van der Waals surface area contributed by atoms with Crippen LogP contribution in [0.5, 0.6) is 23.0 Å². The van der Waals surface area contributed by atoms with Gasteiger partial charge in [-0.3, -0.25) is 4.90 Å². The smallest absolute Gasteiger partial charge is 0.410 e. The van der Waals surface area contributed by atoms with Crippen molar-refractivity contribution in [3.8, 4) is 23.0 Å². The summed E-state index contributed by atoms with van der Waals surface area (Å²) in [7, 11) is 0. The Hall–Kier alpha value is -6.15. The highest BCUT2D eigenvalue weighted by atomic mass is 19.1. The van der Waals surface area contributed by atoms with Crippen molar-refractivity contribution in [3.05, 3.63) is 156 Å². The van der Waals surface area contributed by atoms with Gasteiger partial charge in [0, 0.05) is 43.2 Å². The molecule has 0 spiro atoms. The normalized spacial score (nSPS) is 22.7. The predicted molar refractivity (Wildman–Crippen MR) is 251 cm³/mol. The fourth-order valence-corrected chi connectivity index (χ4v) is 10.1. The lowest BCUT2D eigenvalue weighted by Crippen LogP contribution is -2.70. The van der Waals surface area contributed by atoms with E-state index in [9.17, 15) is 19.4 Å². The first-order valence-corrected chi connectivity index (χ1v) is 23.4. The van der Waals surface area contributed by atoms with Crippen LogP contribution in [0.4, 0.5) is 9.18 Å². The van der Waals surface area contributed by atoms with E-state index < -0.39 is 23.8 Å². The minimum Gasteiger partial charge on any atom is -0.489 e. The number of rotatable bonds is 23. The summed E-state index contributed by atoms with van der Waals surface area (Å²) in [5.41, 5.74) is 4.54. The number of halogens is 1. The van der Waals surface area contributed by atoms with Crippen molar-refractivity contribution in [1.29, 1.82) is 0 Å². The van der Waals surface area contributed by atoms with Crippen molar-refractivity contribution in [3.63, 3.8) is 0 Å². The Morgan fingerprint density at radius 3 is 2.43 bits per heavy atom. The van der Waals surface area contributed by atoms with Gasteiger partial charge in [0.25, 0.3) is 0 Å². The van der Waals surface area contributed by atoms with E-state index in [0.29, 0.717) is 53.5 Å².